The van der Waals surface area contributed by atoms with Crippen LogP contribution in [0, 0.1) is 0 Å². The number of benzene rings is 1. The van der Waals surface area contributed by atoms with Gasteiger partial charge in [0.05, 0.1) is 48.5 Å². The number of carboxylic acids is 1. The van der Waals surface area contributed by atoms with Crippen LogP contribution in [0.1, 0.15) is 41.9 Å². The van der Waals surface area contributed by atoms with Gasteiger partial charge >= 0.3 is 13.1 Å². The third kappa shape index (κ3) is 12.1. The van der Waals surface area contributed by atoms with Crippen molar-refractivity contribution in [1.29, 1.82) is 0 Å². The van der Waals surface area contributed by atoms with Gasteiger partial charge in [0, 0.05) is 57.0 Å². The number of rotatable bonds is 17. The quantitative estimate of drug-likeness (QED) is 0.121. The molecule has 50 heavy (non-hydrogen) atoms. The molecular formula is C36H42BN7O6. The van der Waals surface area contributed by atoms with Crippen LogP contribution in [0.4, 0.5) is 5.69 Å². The lowest BCUT2D eigenvalue weighted by Crippen LogP contribution is -2.53. The fourth-order valence-electron chi connectivity index (χ4n) is 5.78. The molecule has 13 nitrogen and oxygen atoms in total. The van der Waals surface area contributed by atoms with Gasteiger partial charge in [-0.1, -0.05) is 30.3 Å². The van der Waals surface area contributed by atoms with Gasteiger partial charge in [-0.15, -0.1) is 0 Å². The van der Waals surface area contributed by atoms with Gasteiger partial charge in [-0.2, -0.15) is 0 Å². The highest BCUT2D eigenvalue weighted by Gasteiger charge is 2.36. The summed E-state index contributed by atoms with van der Waals surface area (Å²) < 4.78 is 5.35. The van der Waals surface area contributed by atoms with Crippen molar-refractivity contribution in [1.82, 2.24) is 30.1 Å². The number of carbonyl (C=O) groups excluding carboxylic acids is 2. The van der Waals surface area contributed by atoms with Crippen molar-refractivity contribution in [2.24, 2.45) is 0 Å². The molecule has 5 rings (SSSR count). The molecule has 0 radical (unpaired) electrons. The zero-order chi connectivity index (χ0) is 35.1. The van der Waals surface area contributed by atoms with Crippen molar-refractivity contribution in [2.75, 3.05) is 25.0 Å². The highest BCUT2D eigenvalue weighted by molar-refractivity contribution is 6.45. The van der Waals surface area contributed by atoms with Crippen molar-refractivity contribution >= 4 is 30.6 Å². The first kappa shape index (κ1) is 36.3. The lowest BCUT2D eigenvalue weighted by atomic mass is 9.72. The van der Waals surface area contributed by atoms with Gasteiger partial charge in [0.1, 0.15) is 0 Å². The molecule has 1 aromatic carbocycles. The Hall–Kier alpha value is -5.02. The van der Waals surface area contributed by atoms with Crippen molar-refractivity contribution in [3.63, 3.8) is 0 Å². The van der Waals surface area contributed by atoms with E-state index in [1.807, 2.05) is 54.6 Å². The average molecular weight is 680 g/mol. The van der Waals surface area contributed by atoms with Crippen LogP contribution in [-0.4, -0.2) is 91.5 Å². The van der Waals surface area contributed by atoms with E-state index in [-0.39, 0.29) is 31.2 Å². The summed E-state index contributed by atoms with van der Waals surface area (Å²) in [7, 11) is -1.27. The molecule has 2 atom stereocenters. The second-order valence-electron chi connectivity index (χ2n) is 12.3. The third-order valence-electron chi connectivity index (χ3n) is 8.26. The first-order valence-corrected chi connectivity index (χ1v) is 16.7. The third-order valence-corrected chi connectivity index (χ3v) is 8.26. The highest BCUT2D eigenvalue weighted by atomic mass is 16.5. The van der Waals surface area contributed by atoms with Crippen molar-refractivity contribution < 1.29 is 29.2 Å². The summed E-state index contributed by atoms with van der Waals surface area (Å²) in [6, 6.07) is 24.5. The second-order valence-corrected chi connectivity index (χ2v) is 12.3. The maximum Gasteiger partial charge on any atom is 0.478 e. The second kappa shape index (κ2) is 18.7. The van der Waals surface area contributed by atoms with E-state index in [4.69, 9.17) is 9.76 Å². The Morgan fingerprint density at radius 3 is 1.84 bits per heavy atom. The molecule has 0 bridgehead atoms. The number of aliphatic carboxylic acids is 1. The summed E-state index contributed by atoms with van der Waals surface area (Å²) in [4.78, 5) is 54.7. The van der Waals surface area contributed by atoms with Crippen LogP contribution in [0.25, 0.3) is 0 Å². The number of pyridine rings is 3. The minimum Gasteiger partial charge on any atom is -0.481 e. The van der Waals surface area contributed by atoms with Crippen molar-refractivity contribution in [3.8, 4) is 0 Å². The van der Waals surface area contributed by atoms with Crippen LogP contribution < -0.4 is 10.6 Å². The Morgan fingerprint density at radius 2 is 1.32 bits per heavy atom. The molecule has 0 aliphatic carbocycles. The Morgan fingerprint density at radius 1 is 0.760 bits per heavy atom. The number of anilines is 1. The standard InChI is InChI=1S/C36H42BN7O6/c45-34(42-33-15-14-32(22-36(47)48)50-37(33)49)21-27-10-12-28(13-11-27)41-35(46)26-44(25-31-9-3-6-18-40-31)20-19-43(23-29-7-1-4-16-38-29)24-30-8-2-5-17-39-30/h1-13,16-18,32-33,49H,14-15,19-26H2,(H,41,46)(H,42,45)(H,47,48)/t32-,33-/m0/s1. The molecule has 4 aromatic rings. The van der Waals surface area contributed by atoms with Gasteiger partial charge in [0.25, 0.3) is 0 Å². The molecule has 0 unspecified atom stereocenters. The molecule has 4 N–H and O–H groups in total. The lowest BCUT2D eigenvalue weighted by Gasteiger charge is -2.30. The summed E-state index contributed by atoms with van der Waals surface area (Å²) in [5.74, 6) is -2.09. The predicted octanol–water partition coefficient (Wildman–Crippen LogP) is 2.72. The van der Waals surface area contributed by atoms with E-state index >= 15 is 0 Å². The van der Waals surface area contributed by atoms with E-state index in [9.17, 15) is 19.4 Å². The molecule has 260 valence electrons. The van der Waals surface area contributed by atoms with Gasteiger partial charge in [-0.05, 0) is 66.9 Å². The molecule has 0 saturated carbocycles. The van der Waals surface area contributed by atoms with Crippen molar-refractivity contribution in [2.45, 2.75) is 57.4 Å². The summed E-state index contributed by atoms with van der Waals surface area (Å²) in [5, 5.41) is 24.9. The Kier molecular flexibility index (Phi) is 13.5. The molecule has 0 spiro atoms. The Labute approximate surface area is 291 Å². The summed E-state index contributed by atoms with van der Waals surface area (Å²) >= 11 is 0. The zero-order valence-electron chi connectivity index (χ0n) is 27.8. The number of nitrogens with one attached hydrogen (secondary N) is 2. The molecule has 2 amide bonds. The zero-order valence-corrected chi connectivity index (χ0v) is 27.8. The van der Waals surface area contributed by atoms with Gasteiger partial charge in [0.15, 0.2) is 0 Å². The molecule has 3 aromatic heterocycles. The number of aromatic nitrogens is 3. The fourth-order valence-corrected chi connectivity index (χ4v) is 5.78. The van der Waals surface area contributed by atoms with Crippen LogP contribution in [0.15, 0.2) is 97.5 Å². The number of carboxylic acid groups (broad SMARTS) is 1. The molecular weight excluding hydrogens is 637 g/mol. The van der Waals surface area contributed by atoms with Crippen molar-refractivity contribution in [3.05, 3.63) is 120 Å². The molecule has 4 heterocycles. The minimum atomic E-state index is -1.27. The summed E-state index contributed by atoms with van der Waals surface area (Å²) in [6.07, 6.45) is 5.45. The summed E-state index contributed by atoms with van der Waals surface area (Å²) in [6.45, 7) is 3.15. The first-order chi connectivity index (χ1) is 24.3. The van der Waals surface area contributed by atoms with Crippen LogP contribution >= 0.6 is 0 Å². The Bertz CT molecular complexity index is 1610. The minimum absolute atomic E-state index is 0.0708. The van der Waals surface area contributed by atoms with E-state index in [1.54, 1.807) is 42.9 Å². The number of hydrogen-bond acceptors (Lipinski definition) is 10. The molecule has 1 aliphatic rings. The van der Waals surface area contributed by atoms with Crippen LogP contribution in [0.2, 0.25) is 0 Å². The van der Waals surface area contributed by atoms with E-state index < -0.39 is 25.1 Å². The number of carbonyl (C=O) groups is 3. The van der Waals surface area contributed by atoms with Gasteiger partial charge < -0.3 is 25.4 Å². The van der Waals surface area contributed by atoms with E-state index in [2.05, 4.69) is 35.4 Å². The summed E-state index contributed by atoms with van der Waals surface area (Å²) in [5.41, 5.74) is 4.09. The maximum absolute atomic E-state index is 13.3. The molecule has 1 fully saturated rings. The molecule has 14 heteroatoms. The topological polar surface area (TPSA) is 170 Å². The molecule has 1 saturated heterocycles. The number of nitrogens with zero attached hydrogens (tertiary/aromatic N) is 5. The average Bonchev–Trinajstić information content (AvgIpc) is 3.10. The number of amides is 2. The van der Waals surface area contributed by atoms with Crippen LogP contribution in [0.3, 0.4) is 0 Å². The lowest BCUT2D eigenvalue weighted by molar-refractivity contribution is -0.139. The fraction of sp³-hybridized carbons (Fsp3) is 0.333. The van der Waals surface area contributed by atoms with Gasteiger partial charge in [0.2, 0.25) is 11.8 Å². The van der Waals surface area contributed by atoms with E-state index in [1.165, 1.54) is 0 Å². The highest BCUT2D eigenvalue weighted by Crippen LogP contribution is 2.19. The number of hydrogen-bond donors (Lipinski definition) is 4. The largest absolute Gasteiger partial charge is 0.481 e. The van der Waals surface area contributed by atoms with Crippen LogP contribution in [0.5, 0.6) is 0 Å². The van der Waals surface area contributed by atoms with E-state index in [0.29, 0.717) is 51.3 Å². The van der Waals surface area contributed by atoms with Gasteiger partial charge in [-0.3, -0.25) is 39.1 Å². The SMILES string of the molecule is O=C(O)C[C@@H]1CC[C@H](NC(=O)Cc2ccc(NC(=O)CN(CCN(Cc3ccccn3)Cc3ccccn3)Cc3ccccn3)cc2)B(O)O1. The monoisotopic (exact) mass is 679 g/mol. The smallest absolute Gasteiger partial charge is 0.478 e. The molecule has 1 aliphatic heterocycles. The van der Waals surface area contributed by atoms with Gasteiger partial charge in [-0.25, -0.2) is 0 Å². The first-order valence-electron chi connectivity index (χ1n) is 16.7. The Balaban J connectivity index is 1.15. The normalized spacial score (nSPS) is 15.9. The van der Waals surface area contributed by atoms with Crippen LogP contribution in [-0.2, 0) is 45.1 Å². The van der Waals surface area contributed by atoms with E-state index in [0.717, 1.165) is 22.6 Å². The predicted molar refractivity (Wildman–Crippen MR) is 187 cm³/mol. The maximum atomic E-state index is 13.3.